The van der Waals surface area contributed by atoms with E-state index in [2.05, 4.69) is 30.4 Å². The molecule has 0 amide bonds. The van der Waals surface area contributed by atoms with Gasteiger partial charge in [-0.1, -0.05) is 23.8 Å². The maximum absolute atomic E-state index is 11.7. The third-order valence-electron chi connectivity index (χ3n) is 4.33. The van der Waals surface area contributed by atoms with Crippen LogP contribution in [0.5, 0.6) is 0 Å². The lowest BCUT2D eigenvalue weighted by molar-refractivity contribution is 0.415. The first-order valence-corrected chi connectivity index (χ1v) is 8.98. The Hall–Kier alpha value is -0.910. The first kappa shape index (κ1) is 14.0. The molecule has 1 atom stereocenters. The summed E-state index contributed by atoms with van der Waals surface area (Å²) in [5.41, 5.74) is 4.12. The van der Waals surface area contributed by atoms with E-state index >= 15 is 0 Å². The fourth-order valence-electron chi connectivity index (χ4n) is 3.24. The molecule has 1 aromatic carbocycles. The Morgan fingerprint density at radius 2 is 2.25 bits per heavy atom. The topological polar surface area (TPSA) is 49.4 Å². The minimum absolute atomic E-state index is 0.318. The van der Waals surface area contributed by atoms with E-state index < -0.39 is 10.0 Å². The fraction of sp³-hybridized carbons (Fsp3) is 0.600. The van der Waals surface area contributed by atoms with Gasteiger partial charge in [-0.3, -0.25) is 0 Å². The van der Waals surface area contributed by atoms with Crippen LogP contribution >= 0.6 is 0 Å². The Morgan fingerprint density at radius 1 is 1.40 bits per heavy atom. The molecule has 110 valence electrons. The largest absolute Gasteiger partial charge is 0.309 e. The number of hydrogen-bond donors (Lipinski definition) is 1. The molecule has 1 heterocycles. The molecule has 2 aliphatic rings. The molecule has 0 spiro atoms. The van der Waals surface area contributed by atoms with Crippen LogP contribution < -0.4 is 5.32 Å². The van der Waals surface area contributed by atoms with Crippen LogP contribution in [0.4, 0.5) is 0 Å². The quantitative estimate of drug-likeness (QED) is 0.918. The molecule has 20 heavy (non-hydrogen) atoms. The molecule has 5 heteroatoms. The van der Waals surface area contributed by atoms with Crippen molar-refractivity contribution in [2.24, 2.45) is 0 Å². The molecule has 1 N–H and O–H groups in total. The van der Waals surface area contributed by atoms with Crippen LogP contribution in [-0.2, 0) is 16.4 Å². The Balaban J connectivity index is 1.57. The second-order valence-corrected chi connectivity index (χ2v) is 7.90. The van der Waals surface area contributed by atoms with Crippen molar-refractivity contribution < 1.29 is 8.42 Å². The summed E-state index contributed by atoms with van der Waals surface area (Å²) < 4.78 is 25.1. The normalized spacial score (nSPS) is 24.9. The lowest BCUT2D eigenvalue weighted by Crippen LogP contribution is -2.34. The van der Waals surface area contributed by atoms with E-state index in [0.717, 1.165) is 25.8 Å². The Morgan fingerprint density at radius 3 is 3.00 bits per heavy atom. The van der Waals surface area contributed by atoms with Gasteiger partial charge in [0.1, 0.15) is 0 Å². The molecular weight excluding hydrogens is 272 g/mol. The molecule has 1 aliphatic heterocycles. The molecule has 0 radical (unpaired) electrons. The highest BCUT2D eigenvalue weighted by atomic mass is 32.2. The number of benzene rings is 1. The second kappa shape index (κ2) is 5.47. The number of hydrogen-bond acceptors (Lipinski definition) is 3. The van der Waals surface area contributed by atoms with Crippen molar-refractivity contribution >= 4 is 10.0 Å². The zero-order chi connectivity index (χ0) is 14.2. The lowest BCUT2D eigenvalue weighted by atomic mass is 10.1. The number of fused-ring (bicyclic) bond motifs is 1. The molecule has 0 saturated carbocycles. The summed E-state index contributed by atoms with van der Waals surface area (Å²) in [5, 5.41) is 3.52. The number of rotatable bonds is 4. The summed E-state index contributed by atoms with van der Waals surface area (Å²) in [6.07, 6.45) is 3.01. The third kappa shape index (κ3) is 2.75. The molecule has 4 nitrogen and oxygen atoms in total. The zero-order valence-corrected chi connectivity index (χ0v) is 12.7. The van der Waals surface area contributed by atoms with Gasteiger partial charge in [-0.05, 0) is 37.3 Å². The smallest absolute Gasteiger partial charge is 0.214 e. The average molecular weight is 294 g/mol. The van der Waals surface area contributed by atoms with Gasteiger partial charge in [0.25, 0.3) is 0 Å². The van der Waals surface area contributed by atoms with Crippen LogP contribution in [0.2, 0.25) is 0 Å². The van der Waals surface area contributed by atoms with Crippen molar-refractivity contribution in [1.29, 1.82) is 0 Å². The summed E-state index contributed by atoms with van der Waals surface area (Å²) in [7, 11) is -2.96. The van der Waals surface area contributed by atoms with Crippen LogP contribution in [0.25, 0.3) is 0 Å². The van der Waals surface area contributed by atoms with Gasteiger partial charge in [0, 0.05) is 25.7 Å². The van der Waals surface area contributed by atoms with E-state index in [-0.39, 0.29) is 0 Å². The molecule has 1 aromatic rings. The molecule has 3 rings (SSSR count). The summed E-state index contributed by atoms with van der Waals surface area (Å²) in [5.74, 6) is 0.318. The highest BCUT2D eigenvalue weighted by Crippen LogP contribution is 2.31. The van der Waals surface area contributed by atoms with Gasteiger partial charge >= 0.3 is 0 Å². The molecule has 1 saturated heterocycles. The lowest BCUT2D eigenvalue weighted by Gasteiger charge is -2.18. The summed E-state index contributed by atoms with van der Waals surface area (Å²) >= 11 is 0. The Labute approximate surface area is 121 Å². The van der Waals surface area contributed by atoms with Crippen LogP contribution in [0.1, 0.15) is 35.6 Å². The highest BCUT2D eigenvalue weighted by Gasteiger charge is 2.28. The van der Waals surface area contributed by atoms with Crippen LogP contribution in [-0.4, -0.2) is 38.1 Å². The number of nitrogens with one attached hydrogen (secondary N) is 1. The minimum Gasteiger partial charge on any atom is -0.309 e. The van der Waals surface area contributed by atoms with E-state index in [1.165, 1.54) is 16.7 Å². The first-order chi connectivity index (χ1) is 9.56. The van der Waals surface area contributed by atoms with E-state index in [9.17, 15) is 8.42 Å². The molecule has 0 bridgehead atoms. The molecule has 1 aliphatic carbocycles. The third-order valence-corrected chi connectivity index (χ3v) is 6.29. The van der Waals surface area contributed by atoms with Gasteiger partial charge in [-0.25, -0.2) is 12.7 Å². The summed E-state index contributed by atoms with van der Waals surface area (Å²) in [6.45, 7) is 4.13. The SMILES string of the molecule is Cc1ccc2c(c1)[C@H](NCCN1CCCS1(=O)=O)CC2. The van der Waals surface area contributed by atoms with Crippen LogP contribution in [0.3, 0.4) is 0 Å². The monoisotopic (exact) mass is 294 g/mol. The Bertz CT molecular complexity index is 598. The van der Waals surface area contributed by atoms with Crippen molar-refractivity contribution in [2.75, 3.05) is 25.4 Å². The van der Waals surface area contributed by atoms with Crippen molar-refractivity contribution in [2.45, 2.75) is 32.2 Å². The number of aryl methyl sites for hydroxylation is 2. The van der Waals surface area contributed by atoms with Gasteiger partial charge in [0.2, 0.25) is 10.0 Å². The van der Waals surface area contributed by atoms with Gasteiger partial charge < -0.3 is 5.32 Å². The molecule has 0 unspecified atom stereocenters. The highest BCUT2D eigenvalue weighted by molar-refractivity contribution is 7.89. The maximum atomic E-state index is 11.7. The standard InChI is InChI=1S/C15H22N2O2S/c1-12-3-4-13-5-6-15(14(13)11-12)16-7-9-17-8-2-10-20(17,18)19/h3-4,11,15-16H,2,5-10H2,1H3/t15-/m1/s1. The predicted molar refractivity (Wildman–Crippen MR) is 80.2 cm³/mol. The van der Waals surface area contributed by atoms with E-state index in [1.807, 2.05) is 0 Å². The Kier molecular flexibility index (Phi) is 3.84. The first-order valence-electron chi connectivity index (χ1n) is 7.37. The number of nitrogens with zero attached hydrogens (tertiary/aromatic N) is 1. The minimum atomic E-state index is -2.96. The zero-order valence-electron chi connectivity index (χ0n) is 11.9. The second-order valence-electron chi connectivity index (χ2n) is 5.82. The van der Waals surface area contributed by atoms with Gasteiger partial charge in [0.05, 0.1) is 5.75 Å². The summed E-state index contributed by atoms with van der Waals surface area (Å²) in [6, 6.07) is 7.03. The van der Waals surface area contributed by atoms with Crippen molar-refractivity contribution in [1.82, 2.24) is 9.62 Å². The van der Waals surface area contributed by atoms with Crippen molar-refractivity contribution in [3.8, 4) is 0 Å². The maximum Gasteiger partial charge on any atom is 0.214 e. The number of sulfonamides is 1. The van der Waals surface area contributed by atoms with Gasteiger partial charge in [-0.2, -0.15) is 0 Å². The van der Waals surface area contributed by atoms with E-state index in [4.69, 9.17) is 0 Å². The fourth-order valence-corrected chi connectivity index (χ4v) is 4.77. The van der Waals surface area contributed by atoms with Gasteiger partial charge in [0.15, 0.2) is 0 Å². The molecule has 0 aromatic heterocycles. The van der Waals surface area contributed by atoms with Crippen molar-refractivity contribution in [3.63, 3.8) is 0 Å². The molecule has 1 fully saturated rings. The van der Waals surface area contributed by atoms with Crippen LogP contribution in [0, 0.1) is 6.92 Å². The van der Waals surface area contributed by atoms with Gasteiger partial charge in [-0.15, -0.1) is 0 Å². The van der Waals surface area contributed by atoms with E-state index in [0.29, 0.717) is 24.9 Å². The van der Waals surface area contributed by atoms with Crippen LogP contribution in [0.15, 0.2) is 18.2 Å². The average Bonchev–Trinajstić information content (AvgIpc) is 2.94. The van der Waals surface area contributed by atoms with Crippen molar-refractivity contribution in [3.05, 3.63) is 34.9 Å². The summed E-state index contributed by atoms with van der Waals surface area (Å²) in [4.78, 5) is 0. The van der Waals surface area contributed by atoms with E-state index in [1.54, 1.807) is 4.31 Å². The molecular formula is C15H22N2O2S. The predicted octanol–water partition coefficient (Wildman–Crippen LogP) is 1.61.